The van der Waals surface area contributed by atoms with Crippen molar-refractivity contribution in [3.63, 3.8) is 0 Å². The first-order valence-electron chi connectivity index (χ1n) is 7.82. The van der Waals surface area contributed by atoms with E-state index in [1.165, 1.54) is 0 Å². The number of likely N-dealkylation sites (tertiary alicyclic amines) is 1. The molecule has 1 atom stereocenters. The van der Waals surface area contributed by atoms with Crippen molar-refractivity contribution in [1.29, 1.82) is 0 Å². The Morgan fingerprint density at radius 2 is 2.12 bits per heavy atom. The standard InChI is InChI=1S/C17H18ClN3O3/c18-13-9-19-21(11-13)8-6-16(22)20-7-5-12(10-20)14-3-1-2-4-15(14)17(23)24/h1-4,9,11-12H,5-8,10H2,(H,23,24). The van der Waals surface area contributed by atoms with Gasteiger partial charge in [-0.3, -0.25) is 9.48 Å². The summed E-state index contributed by atoms with van der Waals surface area (Å²) in [6, 6.07) is 7.02. The van der Waals surface area contributed by atoms with Crippen LogP contribution in [0.3, 0.4) is 0 Å². The van der Waals surface area contributed by atoms with E-state index in [1.807, 2.05) is 12.1 Å². The lowest BCUT2D eigenvalue weighted by Crippen LogP contribution is -2.29. The van der Waals surface area contributed by atoms with E-state index in [0.29, 0.717) is 36.6 Å². The van der Waals surface area contributed by atoms with E-state index < -0.39 is 5.97 Å². The summed E-state index contributed by atoms with van der Waals surface area (Å²) >= 11 is 5.80. The van der Waals surface area contributed by atoms with Crippen LogP contribution in [0.2, 0.25) is 5.02 Å². The van der Waals surface area contributed by atoms with Crippen molar-refractivity contribution in [2.45, 2.75) is 25.3 Å². The Morgan fingerprint density at radius 1 is 1.33 bits per heavy atom. The molecule has 0 bridgehead atoms. The summed E-state index contributed by atoms with van der Waals surface area (Å²) in [5.74, 6) is -0.803. The second kappa shape index (κ2) is 7.05. The average molecular weight is 348 g/mol. The van der Waals surface area contributed by atoms with Crippen LogP contribution < -0.4 is 0 Å². The summed E-state index contributed by atoms with van der Waals surface area (Å²) in [4.78, 5) is 25.5. The van der Waals surface area contributed by atoms with Crippen LogP contribution in [0.5, 0.6) is 0 Å². The van der Waals surface area contributed by atoms with E-state index in [4.69, 9.17) is 11.6 Å². The fourth-order valence-corrected chi connectivity index (χ4v) is 3.27. The molecular weight excluding hydrogens is 330 g/mol. The topological polar surface area (TPSA) is 75.4 Å². The molecule has 1 saturated heterocycles. The lowest BCUT2D eigenvalue weighted by Gasteiger charge is -2.17. The second-order valence-corrected chi connectivity index (χ2v) is 6.33. The quantitative estimate of drug-likeness (QED) is 0.902. The molecule has 1 unspecified atom stereocenters. The third kappa shape index (κ3) is 3.59. The van der Waals surface area contributed by atoms with Crippen LogP contribution >= 0.6 is 11.6 Å². The zero-order valence-electron chi connectivity index (χ0n) is 13.1. The number of nitrogens with zero attached hydrogens (tertiary/aromatic N) is 3. The molecule has 1 N–H and O–H groups in total. The van der Waals surface area contributed by atoms with Crippen molar-refractivity contribution in [2.75, 3.05) is 13.1 Å². The molecule has 1 aliphatic heterocycles. The molecule has 1 aliphatic rings. The fourth-order valence-electron chi connectivity index (χ4n) is 3.12. The zero-order chi connectivity index (χ0) is 17.1. The molecule has 0 radical (unpaired) electrons. The minimum absolute atomic E-state index is 0.0527. The van der Waals surface area contributed by atoms with Crippen LogP contribution in [0.15, 0.2) is 36.7 Å². The molecule has 24 heavy (non-hydrogen) atoms. The number of carbonyl (C=O) groups is 2. The van der Waals surface area contributed by atoms with Gasteiger partial charge in [0.05, 0.1) is 16.8 Å². The normalized spacial score (nSPS) is 17.2. The molecule has 1 aromatic heterocycles. The average Bonchev–Trinajstić information content (AvgIpc) is 3.21. The largest absolute Gasteiger partial charge is 0.478 e. The van der Waals surface area contributed by atoms with E-state index in [0.717, 1.165) is 12.0 Å². The number of aromatic carboxylic acids is 1. The Morgan fingerprint density at radius 3 is 2.83 bits per heavy atom. The molecule has 2 aromatic rings. The van der Waals surface area contributed by atoms with Crippen LogP contribution in [0, 0.1) is 0 Å². The zero-order valence-corrected chi connectivity index (χ0v) is 13.8. The number of aryl methyl sites for hydroxylation is 1. The van der Waals surface area contributed by atoms with Crippen LogP contribution in [-0.4, -0.2) is 44.8 Å². The van der Waals surface area contributed by atoms with Gasteiger partial charge in [0.15, 0.2) is 0 Å². The minimum Gasteiger partial charge on any atom is -0.478 e. The first-order chi connectivity index (χ1) is 11.5. The molecule has 1 aromatic carbocycles. The Kier molecular flexibility index (Phi) is 4.85. The van der Waals surface area contributed by atoms with Gasteiger partial charge in [-0.15, -0.1) is 0 Å². The van der Waals surface area contributed by atoms with Crippen molar-refractivity contribution in [1.82, 2.24) is 14.7 Å². The van der Waals surface area contributed by atoms with E-state index in [2.05, 4.69) is 5.10 Å². The molecule has 0 saturated carbocycles. The molecule has 2 heterocycles. The highest BCUT2D eigenvalue weighted by molar-refractivity contribution is 6.30. The SMILES string of the molecule is O=C(O)c1ccccc1C1CCN(C(=O)CCn2cc(Cl)cn2)C1. The molecule has 7 heteroatoms. The number of carboxylic acids is 1. The van der Waals surface area contributed by atoms with Gasteiger partial charge in [-0.1, -0.05) is 29.8 Å². The van der Waals surface area contributed by atoms with Crippen molar-refractivity contribution in [3.8, 4) is 0 Å². The first-order valence-corrected chi connectivity index (χ1v) is 8.20. The summed E-state index contributed by atoms with van der Waals surface area (Å²) in [5.41, 5.74) is 1.13. The highest BCUT2D eigenvalue weighted by Gasteiger charge is 2.29. The van der Waals surface area contributed by atoms with Crippen LogP contribution in [0.4, 0.5) is 0 Å². The third-order valence-corrected chi connectivity index (χ3v) is 4.52. The molecule has 6 nitrogen and oxygen atoms in total. The molecule has 3 rings (SSSR count). The number of benzene rings is 1. The minimum atomic E-state index is -0.925. The van der Waals surface area contributed by atoms with E-state index in [9.17, 15) is 14.7 Å². The highest BCUT2D eigenvalue weighted by Crippen LogP contribution is 2.30. The molecule has 1 amide bonds. The molecule has 0 aliphatic carbocycles. The Hall–Kier alpha value is -2.34. The fraction of sp³-hybridized carbons (Fsp3) is 0.353. The van der Waals surface area contributed by atoms with Crippen LogP contribution in [0.1, 0.15) is 34.7 Å². The second-order valence-electron chi connectivity index (χ2n) is 5.89. The molecular formula is C17H18ClN3O3. The number of carboxylic acid groups (broad SMARTS) is 1. The van der Waals surface area contributed by atoms with Gasteiger partial charge in [-0.25, -0.2) is 4.79 Å². The number of hydrogen-bond donors (Lipinski definition) is 1. The van der Waals surface area contributed by atoms with Crippen molar-refractivity contribution in [2.24, 2.45) is 0 Å². The Balaban J connectivity index is 1.61. The lowest BCUT2D eigenvalue weighted by atomic mass is 9.93. The van der Waals surface area contributed by atoms with Gasteiger partial charge in [-0.2, -0.15) is 5.10 Å². The summed E-state index contributed by atoms with van der Waals surface area (Å²) < 4.78 is 1.65. The molecule has 1 fully saturated rings. The summed E-state index contributed by atoms with van der Waals surface area (Å²) in [7, 11) is 0. The lowest BCUT2D eigenvalue weighted by molar-refractivity contribution is -0.130. The number of hydrogen-bond acceptors (Lipinski definition) is 3. The van der Waals surface area contributed by atoms with Gasteiger partial charge in [0.25, 0.3) is 0 Å². The van der Waals surface area contributed by atoms with E-state index in [1.54, 1.807) is 34.1 Å². The Bertz CT molecular complexity index is 759. The maximum absolute atomic E-state index is 12.4. The molecule has 126 valence electrons. The van der Waals surface area contributed by atoms with E-state index >= 15 is 0 Å². The first kappa shape index (κ1) is 16.5. The van der Waals surface area contributed by atoms with Gasteiger partial charge >= 0.3 is 5.97 Å². The highest BCUT2D eigenvalue weighted by atomic mass is 35.5. The van der Waals surface area contributed by atoms with Gasteiger partial charge in [-0.05, 0) is 18.1 Å². The predicted molar refractivity (Wildman–Crippen MR) is 89.2 cm³/mol. The molecule has 0 spiro atoms. The predicted octanol–water partition coefficient (Wildman–Crippen LogP) is 2.64. The number of amides is 1. The maximum Gasteiger partial charge on any atom is 0.335 e. The van der Waals surface area contributed by atoms with E-state index in [-0.39, 0.29) is 11.8 Å². The summed E-state index contributed by atoms with van der Waals surface area (Å²) in [5, 5.41) is 13.9. The monoisotopic (exact) mass is 347 g/mol. The number of halogens is 1. The number of rotatable bonds is 5. The number of carbonyl (C=O) groups excluding carboxylic acids is 1. The van der Waals surface area contributed by atoms with Crippen molar-refractivity contribution >= 4 is 23.5 Å². The maximum atomic E-state index is 12.4. The van der Waals surface area contributed by atoms with Crippen LogP contribution in [0.25, 0.3) is 0 Å². The van der Waals surface area contributed by atoms with Gasteiger partial charge in [0.1, 0.15) is 0 Å². The summed E-state index contributed by atoms with van der Waals surface area (Å²) in [6.07, 6.45) is 4.36. The third-order valence-electron chi connectivity index (χ3n) is 4.33. The van der Waals surface area contributed by atoms with Crippen LogP contribution in [-0.2, 0) is 11.3 Å². The van der Waals surface area contributed by atoms with Gasteiger partial charge < -0.3 is 10.0 Å². The van der Waals surface area contributed by atoms with Gasteiger partial charge in [0, 0.05) is 38.2 Å². The smallest absolute Gasteiger partial charge is 0.335 e. The summed E-state index contributed by atoms with van der Waals surface area (Å²) in [6.45, 7) is 1.69. The number of aromatic nitrogens is 2. The van der Waals surface area contributed by atoms with Crippen molar-refractivity contribution < 1.29 is 14.7 Å². The van der Waals surface area contributed by atoms with Crippen molar-refractivity contribution in [3.05, 3.63) is 52.8 Å². The Labute approximate surface area is 144 Å². The van der Waals surface area contributed by atoms with Gasteiger partial charge in [0.2, 0.25) is 5.91 Å².